The van der Waals surface area contributed by atoms with Crippen LogP contribution in [0.25, 0.3) is 0 Å². The Bertz CT molecular complexity index is 833. The topological polar surface area (TPSA) is 53.5 Å². The van der Waals surface area contributed by atoms with Crippen LogP contribution in [0.4, 0.5) is 4.39 Å². The lowest BCUT2D eigenvalue weighted by molar-refractivity contribution is 0.181. The van der Waals surface area contributed by atoms with Crippen molar-refractivity contribution in [3.05, 3.63) is 45.1 Å². The molecule has 1 aliphatic rings. The number of benzene rings is 1. The van der Waals surface area contributed by atoms with E-state index in [4.69, 9.17) is 11.6 Å². The molecule has 1 saturated heterocycles. The lowest BCUT2D eigenvalue weighted by atomic mass is 10.3. The predicted molar refractivity (Wildman–Crippen MR) is 92.3 cm³/mol. The van der Waals surface area contributed by atoms with Gasteiger partial charge < -0.3 is 0 Å². The lowest BCUT2D eigenvalue weighted by Crippen LogP contribution is -2.48. The van der Waals surface area contributed by atoms with Gasteiger partial charge in [-0.15, -0.1) is 11.3 Å². The summed E-state index contributed by atoms with van der Waals surface area (Å²) in [5, 5.41) is 0.850. The lowest BCUT2D eigenvalue weighted by Gasteiger charge is -2.33. The Hall–Kier alpha value is -1.06. The van der Waals surface area contributed by atoms with E-state index in [0.717, 1.165) is 23.7 Å². The van der Waals surface area contributed by atoms with E-state index in [1.165, 1.54) is 15.2 Å². The summed E-state index contributed by atoms with van der Waals surface area (Å²) in [7, 11) is -3.65. The van der Waals surface area contributed by atoms with Crippen LogP contribution >= 0.6 is 22.9 Å². The predicted octanol–water partition coefficient (Wildman–Crippen LogP) is 2.75. The van der Waals surface area contributed by atoms with Gasteiger partial charge in [-0.1, -0.05) is 11.6 Å². The van der Waals surface area contributed by atoms with Crippen molar-refractivity contribution in [1.82, 2.24) is 14.2 Å². The van der Waals surface area contributed by atoms with Crippen LogP contribution in [0.2, 0.25) is 5.02 Å². The zero-order valence-electron chi connectivity index (χ0n) is 13.1. The first-order chi connectivity index (χ1) is 11.4. The summed E-state index contributed by atoms with van der Waals surface area (Å²) in [5.41, 5.74) is 0. The number of hydrogen-bond acceptors (Lipinski definition) is 5. The van der Waals surface area contributed by atoms with E-state index in [9.17, 15) is 12.8 Å². The normalized spacial score (nSPS) is 17.3. The van der Waals surface area contributed by atoms with Crippen LogP contribution in [0.1, 0.15) is 9.88 Å². The third kappa shape index (κ3) is 3.78. The molecule has 1 aromatic carbocycles. The minimum absolute atomic E-state index is 0.0258. The molecule has 0 N–H and O–H groups in total. The Morgan fingerprint density at radius 1 is 1.29 bits per heavy atom. The maximum Gasteiger partial charge on any atom is 0.243 e. The Kier molecular flexibility index (Phi) is 5.22. The van der Waals surface area contributed by atoms with Crippen LogP contribution in [-0.2, 0) is 16.6 Å². The second kappa shape index (κ2) is 7.05. The van der Waals surface area contributed by atoms with E-state index in [1.807, 2.05) is 13.1 Å². The molecule has 2 aromatic rings. The van der Waals surface area contributed by atoms with Gasteiger partial charge in [0.05, 0.1) is 16.5 Å². The fourth-order valence-corrected chi connectivity index (χ4v) is 5.10. The third-order valence-corrected chi connectivity index (χ3v) is 6.97. The summed E-state index contributed by atoms with van der Waals surface area (Å²) in [4.78, 5) is 7.71. The van der Waals surface area contributed by atoms with Gasteiger partial charge in [0.2, 0.25) is 10.0 Å². The molecule has 24 heavy (non-hydrogen) atoms. The van der Waals surface area contributed by atoms with Crippen molar-refractivity contribution in [2.45, 2.75) is 18.4 Å². The summed E-state index contributed by atoms with van der Waals surface area (Å²) in [6, 6.07) is 3.49. The van der Waals surface area contributed by atoms with Gasteiger partial charge in [0.25, 0.3) is 0 Å². The van der Waals surface area contributed by atoms with E-state index < -0.39 is 15.8 Å². The van der Waals surface area contributed by atoms with Crippen LogP contribution in [0.3, 0.4) is 0 Å². The van der Waals surface area contributed by atoms with Crippen molar-refractivity contribution in [3.63, 3.8) is 0 Å². The number of thiazole rings is 1. The first-order valence-electron chi connectivity index (χ1n) is 7.45. The number of halogens is 2. The second-order valence-electron chi connectivity index (χ2n) is 5.62. The van der Waals surface area contributed by atoms with Crippen LogP contribution in [-0.4, -0.2) is 48.8 Å². The molecule has 9 heteroatoms. The number of piperazine rings is 1. The molecule has 1 fully saturated rings. The third-order valence-electron chi connectivity index (χ3n) is 3.89. The molecular weight excluding hydrogens is 373 g/mol. The van der Waals surface area contributed by atoms with Crippen molar-refractivity contribution in [2.75, 3.05) is 26.2 Å². The van der Waals surface area contributed by atoms with Crippen LogP contribution < -0.4 is 0 Å². The van der Waals surface area contributed by atoms with E-state index in [0.29, 0.717) is 26.2 Å². The van der Waals surface area contributed by atoms with E-state index in [-0.39, 0.29) is 9.92 Å². The highest BCUT2D eigenvalue weighted by atomic mass is 35.5. The monoisotopic (exact) mass is 389 g/mol. The molecule has 0 amide bonds. The zero-order valence-corrected chi connectivity index (χ0v) is 15.5. The van der Waals surface area contributed by atoms with Gasteiger partial charge in [0.15, 0.2) is 0 Å². The highest BCUT2D eigenvalue weighted by Gasteiger charge is 2.29. The first kappa shape index (κ1) is 17.8. The Morgan fingerprint density at radius 2 is 2.00 bits per heavy atom. The molecule has 2 heterocycles. The van der Waals surface area contributed by atoms with Crippen molar-refractivity contribution in [1.29, 1.82) is 0 Å². The maximum atomic E-state index is 13.2. The standard InChI is InChI=1S/C15H17ClFN3O2S2/c1-11-9-18-15(23-11)10-19-4-6-20(7-5-19)24(21,22)12-2-3-14(17)13(16)8-12/h2-3,8-9H,4-7,10H2,1H3. The van der Waals surface area contributed by atoms with E-state index in [1.54, 1.807) is 11.3 Å². The highest BCUT2D eigenvalue weighted by molar-refractivity contribution is 7.89. The van der Waals surface area contributed by atoms with Crippen LogP contribution in [0.15, 0.2) is 29.3 Å². The van der Waals surface area contributed by atoms with Gasteiger partial charge in [-0.05, 0) is 25.1 Å². The molecule has 130 valence electrons. The Balaban J connectivity index is 1.65. The Morgan fingerprint density at radius 3 is 2.58 bits per heavy atom. The molecule has 5 nitrogen and oxygen atoms in total. The number of aromatic nitrogens is 1. The molecule has 3 rings (SSSR count). The summed E-state index contributed by atoms with van der Waals surface area (Å²) < 4.78 is 39.9. The van der Waals surface area contributed by atoms with Gasteiger partial charge in [-0.25, -0.2) is 17.8 Å². The minimum atomic E-state index is -3.65. The highest BCUT2D eigenvalue weighted by Crippen LogP contribution is 2.23. The summed E-state index contributed by atoms with van der Waals surface area (Å²) in [6.07, 6.45) is 1.85. The molecule has 1 aliphatic heterocycles. The molecule has 0 bridgehead atoms. The zero-order chi connectivity index (χ0) is 17.3. The quantitative estimate of drug-likeness (QED) is 0.806. The summed E-state index contributed by atoms with van der Waals surface area (Å²) in [5.74, 6) is -0.626. The number of hydrogen-bond donors (Lipinski definition) is 0. The van der Waals surface area contributed by atoms with Gasteiger partial charge >= 0.3 is 0 Å². The van der Waals surface area contributed by atoms with Crippen LogP contribution in [0.5, 0.6) is 0 Å². The number of sulfonamides is 1. The maximum absolute atomic E-state index is 13.2. The summed E-state index contributed by atoms with van der Waals surface area (Å²) >= 11 is 7.35. The number of rotatable bonds is 4. The SMILES string of the molecule is Cc1cnc(CN2CCN(S(=O)(=O)c3ccc(F)c(Cl)c3)CC2)s1. The molecule has 0 aliphatic carbocycles. The van der Waals surface area contributed by atoms with Crippen molar-refractivity contribution >= 4 is 33.0 Å². The fourth-order valence-electron chi connectivity index (χ4n) is 2.58. The number of nitrogens with zero attached hydrogens (tertiary/aromatic N) is 3. The Labute approximate surface area is 149 Å². The van der Waals surface area contributed by atoms with Gasteiger partial charge in [0, 0.05) is 37.3 Å². The van der Waals surface area contributed by atoms with Crippen molar-refractivity contribution in [3.8, 4) is 0 Å². The molecular formula is C15H17ClFN3O2S2. The van der Waals surface area contributed by atoms with Gasteiger partial charge in [-0.3, -0.25) is 4.90 Å². The molecule has 0 atom stereocenters. The molecule has 0 spiro atoms. The molecule has 0 radical (unpaired) electrons. The second-order valence-corrected chi connectivity index (χ2v) is 9.29. The molecule has 1 aromatic heterocycles. The van der Waals surface area contributed by atoms with Crippen molar-refractivity contribution < 1.29 is 12.8 Å². The largest absolute Gasteiger partial charge is 0.294 e. The smallest absolute Gasteiger partial charge is 0.243 e. The van der Waals surface area contributed by atoms with Crippen molar-refractivity contribution in [2.24, 2.45) is 0 Å². The van der Waals surface area contributed by atoms with E-state index in [2.05, 4.69) is 9.88 Å². The average molecular weight is 390 g/mol. The first-order valence-corrected chi connectivity index (χ1v) is 10.1. The minimum Gasteiger partial charge on any atom is -0.294 e. The van der Waals surface area contributed by atoms with Crippen LogP contribution in [0, 0.1) is 12.7 Å². The van der Waals surface area contributed by atoms with Gasteiger partial charge in [0.1, 0.15) is 10.8 Å². The summed E-state index contributed by atoms with van der Waals surface area (Å²) in [6.45, 7) is 4.79. The average Bonchev–Trinajstić information content (AvgIpc) is 2.95. The fraction of sp³-hybridized carbons (Fsp3) is 0.400. The molecule has 0 saturated carbocycles. The van der Waals surface area contributed by atoms with E-state index >= 15 is 0 Å². The van der Waals surface area contributed by atoms with Gasteiger partial charge in [-0.2, -0.15) is 4.31 Å². The number of aryl methyl sites for hydroxylation is 1. The molecule has 0 unspecified atom stereocenters.